The van der Waals surface area contributed by atoms with Crippen LogP contribution < -0.4 is 5.73 Å². The minimum absolute atomic E-state index is 0.100. The maximum absolute atomic E-state index is 12.4. The molecule has 0 aromatic rings. The van der Waals surface area contributed by atoms with Gasteiger partial charge in [-0.25, -0.2) is 0 Å². The van der Waals surface area contributed by atoms with Crippen molar-refractivity contribution in [1.82, 2.24) is 4.90 Å². The average Bonchev–Trinajstić information content (AvgIpc) is 3.05. The minimum Gasteiger partial charge on any atom is -0.329 e. The lowest BCUT2D eigenvalue weighted by Gasteiger charge is -2.28. The lowest BCUT2D eigenvalue weighted by molar-refractivity contribution is -0.163. The van der Waals surface area contributed by atoms with Gasteiger partial charge in [-0.2, -0.15) is 13.2 Å². The van der Waals surface area contributed by atoms with Crippen molar-refractivity contribution in [2.24, 2.45) is 11.7 Å². The van der Waals surface area contributed by atoms with Crippen LogP contribution in [0.25, 0.3) is 0 Å². The molecule has 0 heterocycles. The average molecular weight is 252 g/mol. The Morgan fingerprint density at radius 1 is 1.47 bits per heavy atom. The third kappa shape index (κ3) is 4.18. The first-order chi connectivity index (χ1) is 7.76. The van der Waals surface area contributed by atoms with Gasteiger partial charge in [-0.1, -0.05) is 20.3 Å². The van der Waals surface area contributed by atoms with E-state index in [0.29, 0.717) is 19.3 Å². The summed E-state index contributed by atoms with van der Waals surface area (Å²) in [5.74, 6) is -0.670. The summed E-state index contributed by atoms with van der Waals surface area (Å²) >= 11 is 0. The van der Waals surface area contributed by atoms with Crippen molar-refractivity contribution in [3.8, 4) is 0 Å². The smallest absolute Gasteiger partial charge is 0.329 e. The topological polar surface area (TPSA) is 46.3 Å². The minimum atomic E-state index is -4.35. The highest BCUT2D eigenvalue weighted by Crippen LogP contribution is 2.31. The van der Waals surface area contributed by atoms with E-state index in [4.69, 9.17) is 5.73 Å². The molecule has 1 aliphatic rings. The Bertz CT molecular complexity index is 276. The Morgan fingerprint density at radius 3 is 2.35 bits per heavy atom. The van der Waals surface area contributed by atoms with E-state index in [1.54, 1.807) is 6.92 Å². The quantitative estimate of drug-likeness (QED) is 0.812. The number of halogens is 3. The highest BCUT2D eigenvalue weighted by molar-refractivity contribution is 5.82. The van der Waals surface area contributed by atoms with Gasteiger partial charge < -0.3 is 10.6 Å². The van der Waals surface area contributed by atoms with Crippen LogP contribution >= 0.6 is 0 Å². The van der Waals surface area contributed by atoms with Crippen LogP contribution in [0.5, 0.6) is 0 Å². The molecular formula is C11H19F3N2O. The molecule has 0 aromatic carbocycles. The number of hydrogen-bond acceptors (Lipinski definition) is 2. The SMILES string of the molecule is CC[C@H](C)[C@H](N)C(=O)N(CC(F)(F)F)C1CC1. The number of amides is 1. The number of carbonyl (C=O) groups is 1. The molecule has 2 atom stereocenters. The largest absolute Gasteiger partial charge is 0.406 e. The van der Waals surface area contributed by atoms with Gasteiger partial charge in [-0.05, 0) is 18.8 Å². The van der Waals surface area contributed by atoms with E-state index in [0.717, 1.165) is 4.90 Å². The van der Waals surface area contributed by atoms with Gasteiger partial charge in [-0.3, -0.25) is 4.79 Å². The Morgan fingerprint density at radius 2 is 2.00 bits per heavy atom. The van der Waals surface area contributed by atoms with E-state index in [9.17, 15) is 18.0 Å². The highest BCUT2D eigenvalue weighted by Gasteiger charge is 2.42. The summed E-state index contributed by atoms with van der Waals surface area (Å²) in [6.45, 7) is 2.46. The molecule has 0 aromatic heterocycles. The van der Waals surface area contributed by atoms with Crippen molar-refractivity contribution in [2.75, 3.05) is 6.54 Å². The third-order valence-corrected chi connectivity index (χ3v) is 3.16. The normalized spacial score (nSPS) is 19.9. The van der Waals surface area contributed by atoms with Crippen LogP contribution in [0.15, 0.2) is 0 Å². The van der Waals surface area contributed by atoms with Crippen LogP contribution in [-0.2, 0) is 4.79 Å². The van der Waals surface area contributed by atoms with Crippen molar-refractivity contribution in [1.29, 1.82) is 0 Å². The molecule has 3 nitrogen and oxygen atoms in total. The van der Waals surface area contributed by atoms with Gasteiger partial charge in [0.15, 0.2) is 0 Å². The molecule has 0 radical (unpaired) electrons. The standard InChI is InChI=1S/C11H19F3N2O/c1-3-7(2)9(15)10(17)16(8-4-5-8)6-11(12,13)14/h7-9H,3-6,15H2,1-2H3/t7-,9-/m0/s1. The number of rotatable bonds is 5. The number of hydrogen-bond donors (Lipinski definition) is 1. The Kier molecular flexibility index (Phi) is 4.41. The summed E-state index contributed by atoms with van der Waals surface area (Å²) < 4.78 is 37.1. The van der Waals surface area contributed by atoms with E-state index >= 15 is 0 Å². The zero-order valence-corrected chi connectivity index (χ0v) is 10.1. The van der Waals surface area contributed by atoms with Gasteiger partial charge in [0.2, 0.25) is 5.91 Å². The maximum Gasteiger partial charge on any atom is 0.406 e. The van der Waals surface area contributed by atoms with Crippen molar-refractivity contribution < 1.29 is 18.0 Å². The third-order valence-electron chi connectivity index (χ3n) is 3.16. The zero-order chi connectivity index (χ0) is 13.2. The molecule has 2 N–H and O–H groups in total. The molecule has 17 heavy (non-hydrogen) atoms. The number of nitrogens with two attached hydrogens (primary N) is 1. The molecule has 1 amide bonds. The summed E-state index contributed by atoms with van der Waals surface area (Å²) in [6.07, 6.45) is -2.38. The first-order valence-corrected chi connectivity index (χ1v) is 5.89. The van der Waals surface area contributed by atoms with Gasteiger partial charge in [0.1, 0.15) is 6.54 Å². The first kappa shape index (κ1) is 14.3. The molecular weight excluding hydrogens is 233 g/mol. The summed E-state index contributed by atoms with van der Waals surface area (Å²) in [5, 5.41) is 0. The molecule has 0 unspecified atom stereocenters. The molecule has 0 aliphatic heterocycles. The van der Waals surface area contributed by atoms with Gasteiger partial charge in [0.25, 0.3) is 0 Å². The summed E-state index contributed by atoms with van der Waals surface area (Å²) in [5.41, 5.74) is 5.70. The molecule has 0 spiro atoms. The van der Waals surface area contributed by atoms with Crippen molar-refractivity contribution >= 4 is 5.91 Å². The molecule has 1 fully saturated rings. The number of carbonyl (C=O) groups excluding carboxylic acids is 1. The van der Waals surface area contributed by atoms with E-state index < -0.39 is 24.7 Å². The molecule has 6 heteroatoms. The molecule has 1 saturated carbocycles. The zero-order valence-electron chi connectivity index (χ0n) is 10.1. The molecule has 0 saturated heterocycles. The van der Waals surface area contributed by atoms with Crippen molar-refractivity contribution in [3.63, 3.8) is 0 Å². The van der Waals surface area contributed by atoms with E-state index in [2.05, 4.69) is 0 Å². The second kappa shape index (κ2) is 5.25. The van der Waals surface area contributed by atoms with Gasteiger partial charge in [0.05, 0.1) is 6.04 Å². The molecule has 1 rings (SSSR count). The Hall–Kier alpha value is -0.780. The second-order valence-corrected chi connectivity index (χ2v) is 4.72. The molecule has 100 valence electrons. The fraction of sp³-hybridized carbons (Fsp3) is 0.909. The van der Waals surface area contributed by atoms with Crippen LogP contribution in [0.2, 0.25) is 0 Å². The first-order valence-electron chi connectivity index (χ1n) is 5.89. The van der Waals surface area contributed by atoms with Gasteiger partial charge >= 0.3 is 6.18 Å². The predicted octanol–water partition coefficient (Wildman–Crippen LogP) is 1.91. The summed E-state index contributed by atoms with van der Waals surface area (Å²) in [4.78, 5) is 12.8. The number of nitrogens with zero attached hydrogens (tertiary/aromatic N) is 1. The lowest BCUT2D eigenvalue weighted by Crippen LogP contribution is -2.50. The van der Waals surface area contributed by atoms with Crippen LogP contribution in [0, 0.1) is 5.92 Å². The van der Waals surface area contributed by atoms with Crippen LogP contribution in [0.4, 0.5) is 13.2 Å². The summed E-state index contributed by atoms with van der Waals surface area (Å²) in [7, 11) is 0. The van der Waals surface area contributed by atoms with Crippen LogP contribution in [0.3, 0.4) is 0 Å². The Balaban J connectivity index is 2.67. The van der Waals surface area contributed by atoms with Gasteiger partial charge in [-0.15, -0.1) is 0 Å². The fourth-order valence-corrected chi connectivity index (χ4v) is 1.66. The van der Waals surface area contributed by atoms with Crippen molar-refractivity contribution in [3.05, 3.63) is 0 Å². The Labute approximate surface area is 99.1 Å². The predicted molar refractivity (Wildman–Crippen MR) is 58.2 cm³/mol. The lowest BCUT2D eigenvalue weighted by atomic mass is 9.99. The van der Waals surface area contributed by atoms with Crippen LogP contribution in [-0.4, -0.2) is 35.6 Å². The van der Waals surface area contributed by atoms with Gasteiger partial charge in [0, 0.05) is 6.04 Å². The van der Waals surface area contributed by atoms with Crippen LogP contribution in [0.1, 0.15) is 33.1 Å². The maximum atomic E-state index is 12.4. The van der Waals surface area contributed by atoms with E-state index in [-0.39, 0.29) is 12.0 Å². The summed E-state index contributed by atoms with van der Waals surface area (Å²) in [6, 6.07) is -1.10. The second-order valence-electron chi connectivity index (χ2n) is 4.72. The fourth-order valence-electron chi connectivity index (χ4n) is 1.66. The molecule has 0 bridgehead atoms. The number of alkyl halides is 3. The van der Waals surface area contributed by atoms with E-state index in [1.807, 2.05) is 6.92 Å². The molecule has 1 aliphatic carbocycles. The van der Waals surface area contributed by atoms with E-state index in [1.165, 1.54) is 0 Å². The van der Waals surface area contributed by atoms with Crippen molar-refractivity contribution in [2.45, 2.75) is 51.4 Å². The highest BCUT2D eigenvalue weighted by atomic mass is 19.4. The monoisotopic (exact) mass is 252 g/mol.